The number of rotatable bonds is 3. The predicted molar refractivity (Wildman–Crippen MR) is 85.7 cm³/mol. The van der Waals surface area contributed by atoms with Crippen molar-refractivity contribution in [3.05, 3.63) is 44.4 Å². The Labute approximate surface area is 133 Å². The van der Waals surface area contributed by atoms with Gasteiger partial charge in [0.05, 0.1) is 10.6 Å². The standard InChI is InChI=1S/C14H17Cl2N3S/c1-14(2,3)13-12(20-19-18-13)11(17)7-8-9(15)5-4-6-10(8)16/h4-6,11H,7,17H2,1-3H3. The van der Waals surface area contributed by atoms with E-state index in [-0.39, 0.29) is 11.5 Å². The van der Waals surface area contributed by atoms with Crippen LogP contribution in [-0.4, -0.2) is 9.59 Å². The second-order valence-corrected chi connectivity index (χ2v) is 7.35. The molecule has 1 aromatic carbocycles. The molecule has 0 aliphatic carbocycles. The second kappa shape index (κ2) is 5.98. The normalized spacial score (nSPS) is 13.5. The highest BCUT2D eigenvalue weighted by Gasteiger charge is 2.26. The number of hydrogen-bond acceptors (Lipinski definition) is 4. The van der Waals surface area contributed by atoms with Crippen LogP contribution >= 0.6 is 34.7 Å². The summed E-state index contributed by atoms with van der Waals surface area (Å²) in [6, 6.07) is 5.27. The highest BCUT2D eigenvalue weighted by molar-refractivity contribution is 7.05. The van der Waals surface area contributed by atoms with Crippen LogP contribution in [-0.2, 0) is 11.8 Å². The zero-order chi connectivity index (χ0) is 14.9. The highest BCUT2D eigenvalue weighted by atomic mass is 35.5. The van der Waals surface area contributed by atoms with Crippen molar-refractivity contribution in [3.63, 3.8) is 0 Å². The maximum atomic E-state index is 6.32. The van der Waals surface area contributed by atoms with Crippen LogP contribution in [0.3, 0.4) is 0 Å². The van der Waals surface area contributed by atoms with Crippen molar-refractivity contribution >= 4 is 34.7 Å². The Morgan fingerprint density at radius 2 is 1.85 bits per heavy atom. The molecule has 0 saturated carbocycles. The summed E-state index contributed by atoms with van der Waals surface area (Å²) in [5, 5.41) is 5.50. The van der Waals surface area contributed by atoms with E-state index in [2.05, 4.69) is 30.4 Å². The molecule has 20 heavy (non-hydrogen) atoms. The minimum atomic E-state index is -0.207. The van der Waals surface area contributed by atoms with E-state index in [4.69, 9.17) is 28.9 Å². The summed E-state index contributed by atoms with van der Waals surface area (Å²) in [6.45, 7) is 6.30. The first-order valence-electron chi connectivity index (χ1n) is 6.32. The number of nitrogens with zero attached hydrogens (tertiary/aromatic N) is 2. The molecule has 1 heterocycles. The molecular weight excluding hydrogens is 313 g/mol. The number of benzene rings is 1. The summed E-state index contributed by atoms with van der Waals surface area (Å²) in [7, 11) is 0. The molecule has 0 spiro atoms. The summed E-state index contributed by atoms with van der Waals surface area (Å²) < 4.78 is 4.04. The molecular formula is C14H17Cl2N3S. The van der Waals surface area contributed by atoms with Crippen LogP contribution in [0.1, 0.15) is 42.9 Å². The van der Waals surface area contributed by atoms with Crippen molar-refractivity contribution < 1.29 is 0 Å². The van der Waals surface area contributed by atoms with Crippen molar-refractivity contribution in [2.24, 2.45) is 5.73 Å². The van der Waals surface area contributed by atoms with Gasteiger partial charge in [0.15, 0.2) is 0 Å². The average molecular weight is 330 g/mol. The lowest BCUT2D eigenvalue weighted by atomic mass is 9.89. The van der Waals surface area contributed by atoms with Crippen molar-refractivity contribution in [1.29, 1.82) is 0 Å². The van der Waals surface area contributed by atoms with E-state index in [0.29, 0.717) is 16.5 Å². The Kier molecular flexibility index (Phi) is 4.69. The number of hydrogen-bond donors (Lipinski definition) is 1. The monoisotopic (exact) mass is 329 g/mol. The van der Waals surface area contributed by atoms with Crippen LogP contribution in [0.15, 0.2) is 18.2 Å². The van der Waals surface area contributed by atoms with E-state index in [1.807, 2.05) is 18.2 Å². The quantitative estimate of drug-likeness (QED) is 0.908. The molecule has 0 radical (unpaired) electrons. The van der Waals surface area contributed by atoms with Gasteiger partial charge in [0.2, 0.25) is 0 Å². The van der Waals surface area contributed by atoms with Gasteiger partial charge in [0.1, 0.15) is 0 Å². The third-order valence-electron chi connectivity index (χ3n) is 3.05. The zero-order valence-corrected chi connectivity index (χ0v) is 14.0. The van der Waals surface area contributed by atoms with Gasteiger partial charge >= 0.3 is 0 Å². The largest absolute Gasteiger partial charge is 0.323 e. The van der Waals surface area contributed by atoms with Gasteiger partial charge in [0.25, 0.3) is 0 Å². The van der Waals surface area contributed by atoms with E-state index >= 15 is 0 Å². The Balaban J connectivity index is 2.30. The molecule has 1 aromatic heterocycles. The van der Waals surface area contributed by atoms with Gasteiger partial charge in [-0.3, -0.25) is 0 Å². The molecule has 1 unspecified atom stereocenters. The summed E-state index contributed by atoms with van der Waals surface area (Å²) in [6.07, 6.45) is 0.575. The average Bonchev–Trinajstić information content (AvgIpc) is 2.82. The molecule has 2 rings (SSSR count). The summed E-state index contributed by atoms with van der Waals surface area (Å²) in [4.78, 5) is 0.994. The fraction of sp³-hybridized carbons (Fsp3) is 0.429. The molecule has 3 nitrogen and oxygen atoms in total. The van der Waals surface area contributed by atoms with E-state index in [9.17, 15) is 0 Å². The molecule has 2 N–H and O–H groups in total. The molecule has 108 valence electrons. The van der Waals surface area contributed by atoms with Gasteiger partial charge in [-0.2, -0.15) is 0 Å². The molecule has 6 heteroatoms. The Morgan fingerprint density at radius 3 is 2.40 bits per heavy atom. The molecule has 0 saturated heterocycles. The van der Waals surface area contributed by atoms with Gasteiger partial charge in [-0.05, 0) is 35.6 Å². The third kappa shape index (κ3) is 3.31. The van der Waals surface area contributed by atoms with Crippen LogP contribution < -0.4 is 5.73 Å². The van der Waals surface area contributed by atoms with Crippen molar-refractivity contribution in [2.75, 3.05) is 0 Å². The second-order valence-electron chi connectivity index (χ2n) is 5.75. The molecule has 0 fully saturated rings. The first kappa shape index (κ1) is 15.7. The third-order valence-corrected chi connectivity index (χ3v) is 4.61. The number of aromatic nitrogens is 2. The van der Waals surface area contributed by atoms with Gasteiger partial charge in [-0.1, -0.05) is 54.5 Å². The van der Waals surface area contributed by atoms with Crippen LogP contribution in [0.5, 0.6) is 0 Å². The van der Waals surface area contributed by atoms with Crippen LogP contribution in [0.2, 0.25) is 10.0 Å². The Hall–Kier alpha value is -0.680. The van der Waals surface area contributed by atoms with Crippen LogP contribution in [0.25, 0.3) is 0 Å². The lowest BCUT2D eigenvalue weighted by molar-refractivity contribution is 0.550. The highest BCUT2D eigenvalue weighted by Crippen LogP contribution is 2.33. The first-order valence-corrected chi connectivity index (χ1v) is 7.85. The fourth-order valence-corrected chi connectivity index (χ4v) is 3.41. The van der Waals surface area contributed by atoms with Gasteiger partial charge < -0.3 is 5.73 Å². The SMILES string of the molecule is CC(C)(C)c1nnsc1C(N)Cc1c(Cl)cccc1Cl. The minimum absolute atomic E-state index is 0.0791. The van der Waals surface area contributed by atoms with Crippen LogP contribution in [0.4, 0.5) is 0 Å². The molecule has 1 atom stereocenters. The number of halogens is 2. The number of nitrogens with two attached hydrogens (primary N) is 1. The fourth-order valence-electron chi connectivity index (χ4n) is 2.00. The minimum Gasteiger partial charge on any atom is -0.323 e. The first-order chi connectivity index (χ1) is 9.30. The van der Waals surface area contributed by atoms with Crippen molar-refractivity contribution in [3.8, 4) is 0 Å². The van der Waals surface area contributed by atoms with E-state index in [0.717, 1.165) is 16.1 Å². The maximum Gasteiger partial charge on any atom is 0.0857 e. The lowest BCUT2D eigenvalue weighted by Gasteiger charge is -2.20. The summed E-state index contributed by atoms with van der Waals surface area (Å²) in [5.41, 5.74) is 8.06. The smallest absolute Gasteiger partial charge is 0.0857 e. The summed E-state index contributed by atoms with van der Waals surface area (Å²) >= 11 is 13.7. The van der Waals surface area contributed by atoms with E-state index in [1.54, 1.807) is 0 Å². The summed E-state index contributed by atoms with van der Waals surface area (Å²) in [5.74, 6) is 0. The van der Waals surface area contributed by atoms with Gasteiger partial charge in [0, 0.05) is 21.5 Å². The van der Waals surface area contributed by atoms with Gasteiger partial charge in [-0.25, -0.2) is 0 Å². The molecule has 0 aliphatic rings. The zero-order valence-electron chi connectivity index (χ0n) is 11.7. The maximum absolute atomic E-state index is 6.32. The lowest BCUT2D eigenvalue weighted by Crippen LogP contribution is -2.20. The van der Waals surface area contributed by atoms with E-state index in [1.165, 1.54) is 11.5 Å². The van der Waals surface area contributed by atoms with Crippen LogP contribution in [0, 0.1) is 0 Å². The molecule has 0 aliphatic heterocycles. The molecule has 0 amide bonds. The van der Waals surface area contributed by atoms with Crippen molar-refractivity contribution in [1.82, 2.24) is 9.59 Å². The van der Waals surface area contributed by atoms with Crippen molar-refractivity contribution in [2.45, 2.75) is 38.6 Å². The Morgan fingerprint density at radius 1 is 1.25 bits per heavy atom. The topological polar surface area (TPSA) is 51.8 Å². The van der Waals surface area contributed by atoms with Gasteiger partial charge in [-0.15, -0.1) is 5.10 Å². The predicted octanol–water partition coefficient (Wildman–Crippen LogP) is 4.38. The Bertz CT molecular complexity index is 584. The van der Waals surface area contributed by atoms with E-state index < -0.39 is 0 Å². The molecule has 2 aromatic rings. The molecule has 0 bridgehead atoms.